The number of aliphatic imine (C=N–C) groups is 1. The minimum atomic E-state index is 0.783. The van der Waals surface area contributed by atoms with Gasteiger partial charge in [-0.15, -0.1) is 0 Å². The standard InChI is InChI=1S/C18H32ClN5/c1-5-20-18(21-9-6-15-7-10-22(2)11-8-15)24(4)14-17-12-16(19)13-23(17)3/h12-13,15H,5-11,14H2,1-4H3,(H,20,21). The highest BCUT2D eigenvalue weighted by atomic mass is 35.5. The fraction of sp³-hybridized carbons (Fsp3) is 0.722. The van der Waals surface area contributed by atoms with Crippen molar-refractivity contribution >= 4 is 17.6 Å². The molecule has 0 saturated carbocycles. The largest absolute Gasteiger partial charge is 0.357 e. The Balaban J connectivity index is 1.88. The molecule has 0 unspecified atom stereocenters. The third kappa shape index (κ3) is 5.71. The van der Waals surface area contributed by atoms with Gasteiger partial charge in [0.15, 0.2) is 5.96 Å². The topological polar surface area (TPSA) is 35.8 Å². The predicted octanol–water partition coefficient (Wildman–Crippen LogP) is 2.81. The SMILES string of the molecule is CCNC(=NCCC1CCN(C)CC1)N(C)Cc1cc(Cl)cn1C. The third-order valence-electron chi connectivity index (χ3n) is 4.81. The summed E-state index contributed by atoms with van der Waals surface area (Å²) in [5.41, 5.74) is 1.18. The van der Waals surface area contributed by atoms with Crippen LogP contribution in [0.15, 0.2) is 17.3 Å². The summed E-state index contributed by atoms with van der Waals surface area (Å²) >= 11 is 6.08. The van der Waals surface area contributed by atoms with Gasteiger partial charge in [0, 0.05) is 39.1 Å². The van der Waals surface area contributed by atoms with E-state index in [1.807, 2.05) is 19.3 Å². The molecule has 136 valence electrons. The van der Waals surface area contributed by atoms with E-state index in [1.54, 1.807) is 0 Å². The van der Waals surface area contributed by atoms with Crippen molar-refractivity contribution < 1.29 is 0 Å². The second kappa shape index (κ2) is 9.33. The minimum Gasteiger partial charge on any atom is -0.357 e. The van der Waals surface area contributed by atoms with Crippen LogP contribution in [0.4, 0.5) is 0 Å². The van der Waals surface area contributed by atoms with E-state index in [-0.39, 0.29) is 0 Å². The smallest absolute Gasteiger partial charge is 0.194 e. The molecule has 0 bridgehead atoms. The molecule has 24 heavy (non-hydrogen) atoms. The molecule has 1 aliphatic rings. The molecule has 0 spiro atoms. The number of guanidine groups is 1. The molecular weight excluding hydrogens is 322 g/mol. The number of hydrogen-bond acceptors (Lipinski definition) is 2. The van der Waals surface area contributed by atoms with Gasteiger partial charge in [0.2, 0.25) is 0 Å². The highest BCUT2D eigenvalue weighted by Gasteiger charge is 2.16. The number of nitrogens with one attached hydrogen (secondary N) is 1. The molecule has 5 nitrogen and oxygen atoms in total. The van der Waals surface area contributed by atoms with Gasteiger partial charge in [0.1, 0.15) is 0 Å². The zero-order valence-electron chi connectivity index (χ0n) is 15.6. The highest BCUT2D eigenvalue weighted by molar-refractivity contribution is 6.30. The molecule has 1 aliphatic heterocycles. The van der Waals surface area contributed by atoms with E-state index in [2.05, 4.69) is 40.7 Å². The molecule has 0 atom stereocenters. The van der Waals surface area contributed by atoms with Crippen LogP contribution in [0, 0.1) is 5.92 Å². The summed E-state index contributed by atoms with van der Waals surface area (Å²) in [6, 6.07) is 2.01. The van der Waals surface area contributed by atoms with Crippen LogP contribution in [-0.2, 0) is 13.6 Å². The first kappa shape index (κ1) is 19.1. The number of halogens is 1. The Kier molecular flexibility index (Phi) is 7.43. The van der Waals surface area contributed by atoms with Gasteiger partial charge < -0.3 is 19.7 Å². The predicted molar refractivity (Wildman–Crippen MR) is 103 cm³/mol. The van der Waals surface area contributed by atoms with E-state index in [1.165, 1.54) is 38.0 Å². The molecule has 2 rings (SSSR count). The zero-order valence-corrected chi connectivity index (χ0v) is 16.3. The average molecular weight is 354 g/mol. The lowest BCUT2D eigenvalue weighted by Crippen LogP contribution is -2.39. The van der Waals surface area contributed by atoms with Gasteiger partial charge in [0.05, 0.1) is 11.6 Å². The van der Waals surface area contributed by atoms with Crippen LogP contribution in [0.25, 0.3) is 0 Å². The van der Waals surface area contributed by atoms with Gasteiger partial charge >= 0.3 is 0 Å². The fourth-order valence-corrected chi connectivity index (χ4v) is 3.49. The zero-order chi connectivity index (χ0) is 17.5. The van der Waals surface area contributed by atoms with Crippen LogP contribution < -0.4 is 5.32 Å². The molecule has 1 aromatic rings. The van der Waals surface area contributed by atoms with Crippen molar-refractivity contribution in [3.63, 3.8) is 0 Å². The Bertz CT molecular complexity index is 532. The number of aromatic nitrogens is 1. The van der Waals surface area contributed by atoms with Gasteiger partial charge in [-0.3, -0.25) is 4.99 Å². The quantitative estimate of drug-likeness (QED) is 0.631. The van der Waals surface area contributed by atoms with Gasteiger partial charge in [-0.2, -0.15) is 0 Å². The Morgan fingerprint density at radius 1 is 1.38 bits per heavy atom. The number of rotatable bonds is 6. The van der Waals surface area contributed by atoms with E-state index in [0.717, 1.165) is 36.5 Å². The maximum atomic E-state index is 6.08. The molecule has 1 aromatic heterocycles. The van der Waals surface area contributed by atoms with Crippen molar-refractivity contribution in [3.05, 3.63) is 23.0 Å². The normalized spacial score (nSPS) is 17.3. The first-order chi connectivity index (χ1) is 11.5. The van der Waals surface area contributed by atoms with E-state index >= 15 is 0 Å². The second-order valence-corrected chi connectivity index (χ2v) is 7.32. The Morgan fingerprint density at radius 2 is 2.08 bits per heavy atom. The van der Waals surface area contributed by atoms with Crippen molar-refractivity contribution in [2.24, 2.45) is 18.0 Å². The molecule has 0 aromatic carbocycles. The lowest BCUT2D eigenvalue weighted by atomic mass is 9.94. The Morgan fingerprint density at radius 3 is 2.67 bits per heavy atom. The Labute approximate surface area is 151 Å². The van der Waals surface area contributed by atoms with Gasteiger partial charge in [-0.05, 0) is 58.3 Å². The lowest BCUT2D eigenvalue weighted by molar-refractivity contribution is 0.214. The van der Waals surface area contributed by atoms with Crippen molar-refractivity contribution in [1.29, 1.82) is 0 Å². The Hall–Kier alpha value is -1.20. The molecule has 6 heteroatoms. The maximum Gasteiger partial charge on any atom is 0.194 e. The van der Waals surface area contributed by atoms with Crippen LogP contribution in [0.5, 0.6) is 0 Å². The summed E-state index contributed by atoms with van der Waals surface area (Å²) in [6.07, 6.45) is 5.74. The molecule has 2 heterocycles. The highest BCUT2D eigenvalue weighted by Crippen LogP contribution is 2.19. The van der Waals surface area contributed by atoms with E-state index < -0.39 is 0 Å². The van der Waals surface area contributed by atoms with Gasteiger partial charge in [-0.1, -0.05) is 11.6 Å². The molecule has 0 radical (unpaired) electrons. The summed E-state index contributed by atoms with van der Waals surface area (Å²) < 4.78 is 2.07. The van der Waals surface area contributed by atoms with Crippen LogP contribution >= 0.6 is 11.6 Å². The number of hydrogen-bond donors (Lipinski definition) is 1. The lowest BCUT2D eigenvalue weighted by Gasteiger charge is -2.28. The molecule has 0 amide bonds. The van der Waals surface area contributed by atoms with Gasteiger partial charge in [0.25, 0.3) is 0 Å². The van der Waals surface area contributed by atoms with Crippen molar-refractivity contribution in [2.45, 2.75) is 32.7 Å². The van der Waals surface area contributed by atoms with Crippen molar-refractivity contribution in [3.8, 4) is 0 Å². The van der Waals surface area contributed by atoms with Crippen LogP contribution in [0.2, 0.25) is 5.02 Å². The van der Waals surface area contributed by atoms with Crippen molar-refractivity contribution in [1.82, 2.24) is 19.7 Å². The average Bonchev–Trinajstić information content (AvgIpc) is 2.86. The molecule has 0 aliphatic carbocycles. The number of nitrogens with zero attached hydrogens (tertiary/aromatic N) is 4. The van der Waals surface area contributed by atoms with Crippen LogP contribution in [0.3, 0.4) is 0 Å². The molecule has 1 saturated heterocycles. The van der Waals surface area contributed by atoms with E-state index in [0.29, 0.717) is 0 Å². The monoisotopic (exact) mass is 353 g/mol. The molecular formula is C18H32ClN5. The second-order valence-electron chi connectivity index (χ2n) is 6.89. The molecule has 1 N–H and O–H groups in total. The summed E-state index contributed by atoms with van der Waals surface area (Å²) in [6.45, 7) is 7.13. The number of aryl methyl sites for hydroxylation is 1. The first-order valence-electron chi connectivity index (χ1n) is 8.98. The summed E-state index contributed by atoms with van der Waals surface area (Å²) in [4.78, 5) is 9.42. The van der Waals surface area contributed by atoms with Gasteiger partial charge in [-0.25, -0.2) is 0 Å². The van der Waals surface area contributed by atoms with Crippen LogP contribution in [-0.4, -0.2) is 60.6 Å². The maximum absolute atomic E-state index is 6.08. The fourth-order valence-electron chi connectivity index (χ4n) is 3.21. The molecule has 1 fully saturated rings. The summed E-state index contributed by atoms with van der Waals surface area (Å²) in [7, 11) is 6.32. The van der Waals surface area contributed by atoms with E-state index in [4.69, 9.17) is 16.6 Å². The van der Waals surface area contributed by atoms with E-state index in [9.17, 15) is 0 Å². The van der Waals surface area contributed by atoms with Crippen LogP contribution in [0.1, 0.15) is 31.9 Å². The number of likely N-dealkylation sites (tertiary alicyclic amines) is 1. The summed E-state index contributed by atoms with van der Waals surface area (Å²) in [5, 5.41) is 4.18. The third-order valence-corrected chi connectivity index (χ3v) is 5.01. The first-order valence-corrected chi connectivity index (χ1v) is 9.36. The number of piperidine rings is 1. The minimum absolute atomic E-state index is 0.783. The van der Waals surface area contributed by atoms with Crippen molar-refractivity contribution in [2.75, 3.05) is 40.3 Å². The summed E-state index contributed by atoms with van der Waals surface area (Å²) in [5.74, 6) is 1.80.